The highest BCUT2D eigenvalue weighted by Gasteiger charge is 2.37. The fourth-order valence-corrected chi connectivity index (χ4v) is 6.04. The molecule has 1 heterocycles. The van der Waals surface area contributed by atoms with E-state index in [1.807, 2.05) is 24.3 Å². The Kier molecular flexibility index (Phi) is 8.24. The predicted octanol–water partition coefficient (Wildman–Crippen LogP) is 5.71. The first-order chi connectivity index (χ1) is 20.0. The Morgan fingerprint density at radius 1 is 1.02 bits per heavy atom. The highest BCUT2D eigenvalue weighted by atomic mass is 16.6. The fourth-order valence-electron chi connectivity index (χ4n) is 6.04. The van der Waals surface area contributed by atoms with Crippen LogP contribution in [0.4, 0.5) is 9.59 Å². The summed E-state index contributed by atoms with van der Waals surface area (Å²) in [6.07, 6.45) is 2.01. The molecule has 0 bridgehead atoms. The van der Waals surface area contributed by atoms with E-state index in [0.29, 0.717) is 18.5 Å². The van der Waals surface area contributed by atoms with E-state index in [1.54, 1.807) is 32.7 Å². The summed E-state index contributed by atoms with van der Waals surface area (Å²) in [5.41, 5.74) is 4.26. The quantitative estimate of drug-likeness (QED) is 0.371. The number of hydrogen-bond acceptors (Lipinski definition) is 6. The molecule has 1 aromatic heterocycles. The zero-order chi connectivity index (χ0) is 30.0. The molecule has 0 unspecified atom stereocenters. The topological polar surface area (TPSA) is 123 Å². The second-order valence-electron chi connectivity index (χ2n) is 12.0. The van der Waals surface area contributed by atoms with Crippen molar-refractivity contribution in [1.82, 2.24) is 20.0 Å². The molecular weight excluding hydrogens is 536 g/mol. The number of amides is 2. The molecule has 0 spiro atoms. The normalized spacial score (nSPS) is 18.1. The minimum atomic E-state index is -1.15. The van der Waals surface area contributed by atoms with E-state index in [2.05, 4.69) is 34.7 Å². The van der Waals surface area contributed by atoms with E-state index in [-0.39, 0.29) is 36.8 Å². The van der Waals surface area contributed by atoms with Gasteiger partial charge in [-0.3, -0.25) is 9.58 Å². The van der Waals surface area contributed by atoms with Gasteiger partial charge in [-0.2, -0.15) is 5.10 Å². The molecule has 2 amide bonds. The molecule has 10 heteroatoms. The molecular formula is C32H38N4O6. The number of carbonyl (C=O) groups excluding carboxylic acids is 2. The van der Waals surface area contributed by atoms with Crippen molar-refractivity contribution >= 4 is 18.2 Å². The van der Waals surface area contributed by atoms with Crippen molar-refractivity contribution in [3.05, 3.63) is 77.1 Å². The maximum Gasteiger partial charge on any atom is 0.410 e. The van der Waals surface area contributed by atoms with Gasteiger partial charge < -0.3 is 19.9 Å². The third kappa shape index (κ3) is 6.27. The smallest absolute Gasteiger partial charge is 0.410 e. The molecule has 42 heavy (non-hydrogen) atoms. The summed E-state index contributed by atoms with van der Waals surface area (Å²) in [7, 11) is 1.65. The molecule has 222 valence electrons. The Hall–Kier alpha value is -4.34. The van der Waals surface area contributed by atoms with Crippen LogP contribution in [0.3, 0.4) is 0 Å². The van der Waals surface area contributed by atoms with Gasteiger partial charge in [0.25, 0.3) is 0 Å². The number of carbonyl (C=O) groups is 3. The van der Waals surface area contributed by atoms with E-state index < -0.39 is 23.8 Å². The number of hydrogen-bond donors (Lipinski definition) is 2. The van der Waals surface area contributed by atoms with Crippen molar-refractivity contribution in [3.63, 3.8) is 0 Å². The standard InChI is InChI=1S/C32H38N4O6/c1-32(2,3)42-30(39)33-26-15-9-10-16-28(26)36(18-20-17-27(29(37)38)34-35(20)4)31(40)41-19-25-23-13-7-5-11-21(23)22-12-6-8-14-24(22)25/h5-8,11-14,17,25-26,28H,9-10,15-16,18-19H2,1-4H3,(H,33,39)(H,37,38)/t26-,28-/m1/s1. The molecule has 2 atom stereocenters. The van der Waals surface area contributed by atoms with Gasteiger partial charge in [0, 0.05) is 13.0 Å². The highest BCUT2D eigenvalue weighted by Crippen LogP contribution is 2.44. The fraction of sp³-hybridized carbons (Fsp3) is 0.438. The Morgan fingerprint density at radius 3 is 2.24 bits per heavy atom. The number of fused-ring (bicyclic) bond motifs is 3. The van der Waals surface area contributed by atoms with Crippen LogP contribution in [0.1, 0.15) is 79.7 Å². The maximum absolute atomic E-state index is 14.0. The van der Waals surface area contributed by atoms with E-state index in [0.717, 1.165) is 35.1 Å². The summed E-state index contributed by atoms with van der Waals surface area (Å²) in [4.78, 5) is 39.9. The number of ether oxygens (including phenoxy) is 2. The molecule has 10 nitrogen and oxygen atoms in total. The SMILES string of the molecule is Cn1nc(C(=O)O)cc1CN(C(=O)OCC1c2ccccc2-c2ccccc21)[C@@H]1CCCC[C@H]1NC(=O)OC(C)(C)C. The van der Waals surface area contributed by atoms with Crippen LogP contribution in [0.15, 0.2) is 54.6 Å². The number of aromatic nitrogens is 2. The Labute approximate surface area is 245 Å². The number of alkyl carbamates (subject to hydrolysis) is 1. The largest absolute Gasteiger partial charge is 0.476 e. The average molecular weight is 575 g/mol. The van der Waals surface area contributed by atoms with Crippen LogP contribution < -0.4 is 5.32 Å². The van der Waals surface area contributed by atoms with Gasteiger partial charge in [-0.1, -0.05) is 61.4 Å². The van der Waals surface area contributed by atoms with Crippen molar-refractivity contribution in [2.75, 3.05) is 6.61 Å². The Morgan fingerprint density at radius 2 is 1.64 bits per heavy atom. The Balaban J connectivity index is 1.41. The second kappa shape index (κ2) is 11.9. The number of aryl methyl sites for hydroxylation is 1. The van der Waals surface area contributed by atoms with Crippen LogP contribution in [0, 0.1) is 0 Å². The molecule has 0 saturated heterocycles. The summed E-state index contributed by atoms with van der Waals surface area (Å²) >= 11 is 0. The van der Waals surface area contributed by atoms with Gasteiger partial charge in [0.15, 0.2) is 5.69 Å². The number of nitrogens with one attached hydrogen (secondary N) is 1. The number of carboxylic acid groups (broad SMARTS) is 1. The minimum absolute atomic E-state index is 0.0740. The number of carboxylic acids is 1. The number of nitrogens with zero attached hydrogens (tertiary/aromatic N) is 3. The summed E-state index contributed by atoms with van der Waals surface area (Å²) in [6, 6.07) is 17.0. The van der Waals surface area contributed by atoms with Gasteiger partial charge in [-0.15, -0.1) is 0 Å². The van der Waals surface area contributed by atoms with E-state index >= 15 is 0 Å². The molecule has 2 aliphatic carbocycles. The van der Waals surface area contributed by atoms with Gasteiger partial charge in [0.2, 0.25) is 0 Å². The molecule has 2 aliphatic rings. The van der Waals surface area contributed by atoms with Crippen LogP contribution in [0.2, 0.25) is 0 Å². The van der Waals surface area contributed by atoms with Gasteiger partial charge in [-0.05, 0) is 61.9 Å². The van der Waals surface area contributed by atoms with Crippen molar-refractivity contribution in [2.24, 2.45) is 7.05 Å². The van der Waals surface area contributed by atoms with Crippen molar-refractivity contribution < 1.29 is 29.0 Å². The summed E-state index contributed by atoms with van der Waals surface area (Å²) in [6.45, 7) is 5.62. The first-order valence-electron chi connectivity index (χ1n) is 14.4. The lowest BCUT2D eigenvalue weighted by molar-refractivity contribution is 0.0363. The minimum Gasteiger partial charge on any atom is -0.476 e. The Bertz CT molecular complexity index is 1430. The van der Waals surface area contributed by atoms with Crippen LogP contribution in [-0.4, -0.2) is 62.2 Å². The van der Waals surface area contributed by atoms with Crippen LogP contribution in [0.25, 0.3) is 11.1 Å². The zero-order valence-electron chi connectivity index (χ0n) is 24.5. The van der Waals surface area contributed by atoms with Gasteiger partial charge in [0.1, 0.15) is 12.2 Å². The average Bonchev–Trinajstić information content (AvgIpc) is 3.47. The van der Waals surface area contributed by atoms with E-state index in [9.17, 15) is 19.5 Å². The first-order valence-corrected chi connectivity index (χ1v) is 14.4. The van der Waals surface area contributed by atoms with Crippen LogP contribution in [-0.2, 0) is 23.1 Å². The van der Waals surface area contributed by atoms with Crippen molar-refractivity contribution in [2.45, 2.75) is 76.6 Å². The summed E-state index contributed by atoms with van der Waals surface area (Å²) in [5.74, 6) is -1.26. The molecule has 0 radical (unpaired) electrons. The maximum atomic E-state index is 14.0. The lowest BCUT2D eigenvalue weighted by Crippen LogP contribution is -2.55. The van der Waals surface area contributed by atoms with Gasteiger partial charge in [-0.25, -0.2) is 14.4 Å². The lowest BCUT2D eigenvalue weighted by atomic mass is 9.89. The third-order valence-electron chi connectivity index (χ3n) is 7.93. The zero-order valence-corrected chi connectivity index (χ0v) is 24.5. The lowest BCUT2D eigenvalue weighted by Gasteiger charge is -2.39. The van der Waals surface area contributed by atoms with Crippen LogP contribution in [0.5, 0.6) is 0 Å². The number of rotatable bonds is 7. The number of benzene rings is 2. The van der Waals surface area contributed by atoms with Crippen molar-refractivity contribution in [3.8, 4) is 11.1 Å². The monoisotopic (exact) mass is 574 g/mol. The predicted molar refractivity (Wildman–Crippen MR) is 156 cm³/mol. The molecule has 1 fully saturated rings. The molecule has 2 aromatic carbocycles. The molecule has 2 N–H and O–H groups in total. The summed E-state index contributed by atoms with van der Waals surface area (Å²) < 4.78 is 13.0. The number of aromatic carboxylic acids is 1. The van der Waals surface area contributed by atoms with E-state index in [4.69, 9.17) is 9.47 Å². The van der Waals surface area contributed by atoms with Crippen LogP contribution >= 0.6 is 0 Å². The molecule has 1 saturated carbocycles. The molecule has 5 rings (SSSR count). The van der Waals surface area contributed by atoms with E-state index in [1.165, 1.54) is 10.7 Å². The van der Waals surface area contributed by atoms with Gasteiger partial charge in [0.05, 0.1) is 24.3 Å². The molecule has 3 aromatic rings. The highest BCUT2D eigenvalue weighted by molar-refractivity contribution is 5.85. The third-order valence-corrected chi connectivity index (χ3v) is 7.93. The molecule has 0 aliphatic heterocycles. The first kappa shape index (κ1) is 29.2. The second-order valence-corrected chi connectivity index (χ2v) is 12.0. The summed E-state index contributed by atoms with van der Waals surface area (Å²) in [5, 5.41) is 16.5. The van der Waals surface area contributed by atoms with Crippen molar-refractivity contribution in [1.29, 1.82) is 0 Å². The van der Waals surface area contributed by atoms with Gasteiger partial charge >= 0.3 is 18.2 Å².